The van der Waals surface area contributed by atoms with Crippen molar-refractivity contribution in [3.8, 4) is 0 Å². The summed E-state index contributed by atoms with van der Waals surface area (Å²) in [5.41, 5.74) is 0. The van der Waals surface area contributed by atoms with E-state index in [1.807, 2.05) is 0 Å². The summed E-state index contributed by atoms with van der Waals surface area (Å²) in [7, 11) is 1.41. The maximum atomic E-state index is 2.42. The largest absolute Gasteiger partial charge is 0.0737 e. The van der Waals surface area contributed by atoms with Gasteiger partial charge in [0.05, 0.1) is 0 Å². The molecular weight excluding hydrogens is 152 g/mol. The molecule has 0 saturated carbocycles. The molecule has 10 heavy (non-hydrogen) atoms. The predicted octanol–water partition coefficient (Wildman–Crippen LogP) is 2.94. The first kappa shape index (κ1) is 10.4. The fraction of sp³-hybridized carbons (Fsp3) is 1.00. The molecule has 0 aromatic rings. The smallest absolute Gasteiger partial charge is 0.0278 e. The summed E-state index contributed by atoms with van der Waals surface area (Å²) in [6, 6.07) is 1.52. The summed E-state index contributed by atoms with van der Waals surface area (Å²) in [4.78, 5) is 0. The SMILES string of the molecule is CCCCCC[Si][Si](C)C. The lowest BCUT2D eigenvalue weighted by Crippen LogP contribution is -2.11. The molecule has 0 aliphatic rings. The van der Waals surface area contributed by atoms with Crippen molar-refractivity contribution in [2.75, 3.05) is 0 Å². The summed E-state index contributed by atoms with van der Waals surface area (Å²) in [5.74, 6) is 0. The average Bonchev–Trinajstić information content (AvgIpc) is 1.87. The highest BCUT2D eigenvalue weighted by molar-refractivity contribution is 7.11. The van der Waals surface area contributed by atoms with Crippen molar-refractivity contribution >= 4 is 17.4 Å². The monoisotopic (exact) mass is 171 g/mol. The minimum absolute atomic E-state index is 0.106. The number of hydrogen-bond acceptors (Lipinski definition) is 0. The van der Waals surface area contributed by atoms with E-state index in [4.69, 9.17) is 0 Å². The Morgan fingerprint density at radius 1 is 1.10 bits per heavy atom. The van der Waals surface area contributed by atoms with Gasteiger partial charge in [0.2, 0.25) is 0 Å². The van der Waals surface area contributed by atoms with Gasteiger partial charge in [-0.3, -0.25) is 0 Å². The van der Waals surface area contributed by atoms with Gasteiger partial charge in [0, 0.05) is 17.4 Å². The Hall–Kier alpha value is 0.434. The molecule has 59 valence electrons. The first-order valence-corrected chi connectivity index (χ1v) is 9.02. The van der Waals surface area contributed by atoms with Crippen LogP contribution in [0.25, 0.3) is 0 Å². The molecule has 0 saturated heterocycles. The summed E-state index contributed by atoms with van der Waals surface area (Å²) in [6.07, 6.45) is 5.78. The van der Waals surface area contributed by atoms with E-state index in [1.165, 1.54) is 40.8 Å². The molecule has 0 amide bonds. The molecule has 0 fully saturated rings. The fourth-order valence-corrected chi connectivity index (χ4v) is 3.85. The zero-order valence-electron chi connectivity index (χ0n) is 7.54. The Morgan fingerprint density at radius 3 is 2.30 bits per heavy atom. The normalized spacial score (nSPS) is 10.8. The van der Waals surface area contributed by atoms with Crippen molar-refractivity contribution < 1.29 is 0 Å². The number of unbranched alkanes of at least 4 members (excludes halogenated alkanes) is 3. The van der Waals surface area contributed by atoms with Crippen molar-refractivity contribution in [2.24, 2.45) is 0 Å². The Kier molecular flexibility index (Phi) is 7.87. The van der Waals surface area contributed by atoms with Crippen LogP contribution in [0.5, 0.6) is 0 Å². The van der Waals surface area contributed by atoms with Crippen LogP contribution in [-0.4, -0.2) is 17.4 Å². The third-order valence-corrected chi connectivity index (χ3v) is 5.69. The molecule has 2 heteroatoms. The molecule has 0 N–H and O–H groups in total. The molecule has 0 aliphatic heterocycles. The van der Waals surface area contributed by atoms with Gasteiger partial charge in [-0.2, -0.15) is 0 Å². The zero-order valence-corrected chi connectivity index (χ0v) is 9.54. The van der Waals surface area contributed by atoms with Gasteiger partial charge in [0.15, 0.2) is 0 Å². The minimum atomic E-state index is 0.106. The third kappa shape index (κ3) is 8.43. The molecule has 0 atom stereocenters. The maximum absolute atomic E-state index is 2.42. The highest BCUT2D eigenvalue weighted by atomic mass is 29.2. The first-order chi connectivity index (χ1) is 4.77. The molecular formula is C8H19Si2. The van der Waals surface area contributed by atoms with E-state index < -0.39 is 0 Å². The lowest BCUT2D eigenvalue weighted by molar-refractivity contribution is 0.701. The Morgan fingerprint density at radius 2 is 1.80 bits per heavy atom. The van der Waals surface area contributed by atoms with E-state index in [0.29, 0.717) is 0 Å². The molecule has 0 spiro atoms. The second-order valence-electron chi connectivity index (χ2n) is 2.99. The highest BCUT2D eigenvalue weighted by Crippen LogP contribution is 2.02. The fourth-order valence-electron chi connectivity index (χ4n) is 0.890. The molecule has 0 nitrogen and oxygen atoms in total. The first-order valence-electron chi connectivity index (χ1n) is 4.31. The van der Waals surface area contributed by atoms with Gasteiger partial charge in [0.1, 0.15) is 0 Å². The highest BCUT2D eigenvalue weighted by Gasteiger charge is 1.95. The van der Waals surface area contributed by atoms with Crippen LogP contribution in [0.15, 0.2) is 0 Å². The van der Waals surface area contributed by atoms with E-state index in [9.17, 15) is 0 Å². The van der Waals surface area contributed by atoms with Crippen molar-refractivity contribution in [2.45, 2.75) is 51.7 Å². The van der Waals surface area contributed by atoms with Crippen LogP contribution < -0.4 is 0 Å². The summed E-state index contributed by atoms with van der Waals surface area (Å²) < 4.78 is 0. The Bertz CT molecular complexity index is 62.3. The van der Waals surface area contributed by atoms with Crippen LogP contribution in [0, 0.1) is 0 Å². The van der Waals surface area contributed by atoms with Crippen LogP contribution in [-0.2, 0) is 0 Å². The molecule has 0 bridgehead atoms. The van der Waals surface area contributed by atoms with Gasteiger partial charge in [-0.25, -0.2) is 0 Å². The van der Waals surface area contributed by atoms with Crippen molar-refractivity contribution in [3.63, 3.8) is 0 Å². The van der Waals surface area contributed by atoms with E-state index in [2.05, 4.69) is 20.0 Å². The molecule has 0 heterocycles. The van der Waals surface area contributed by atoms with E-state index in [1.54, 1.807) is 0 Å². The lowest BCUT2D eigenvalue weighted by Gasteiger charge is -2.00. The standard InChI is InChI=1S/C8H19Si2/c1-4-5-6-7-8-9-10(2)3/h4-8H2,1-3H3. The van der Waals surface area contributed by atoms with Gasteiger partial charge in [-0.1, -0.05) is 51.7 Å². The summed E-state index contributed by atoms with van der Waals surface area (Å²) in [6.45, 7) is 7.11. The molecule has 0 rings (SSSR count). The topological polar surface area (TPSA) is 0 Å². The predicted molar refractivity (Wildman–Crippen MR) is 52.2 cm³/mol. The van der Waals surface area contributed by atoms with E-state index >= 15 is 0 Å². The molecule has 0 aromatic heterocycles. The van der Waals surface area contributed by atoms with Crippen LogP contribution in [0.1, 0.15) is 32.6 Å². The van der Waals surface area contributed by atoms with Crippen LogP contribution in [0.2, 0.25) is 19.1 Å². The van der Waals surface area contributed by atoms with Crippen molar-refractivity contribution in [1.82, 2.24) is 0 Å². The zero-order chi connectivity index (χ0) is 7.82. The molecule has 3 radical (unpaired) electrons. The Balaban J connectivity index is 2.77. The van der Waals surface area contributed by atoms with Gasteiger partial charge in [0.25, 0.3) is 0 Å². The molecule has 0 aliphatic carbocycles. The minimum Gasteiger partial charge on any atom is -0.0737 e. The number of rotatable bonds is 6. The van der Waals surface area contributed by atoms with E-state index in [-0.39, 0.29) is 8.31 Å². The second kappa shape index (κ2) is 7.54. The van der Waals surface area contributed by atoms with Gasteiger partial charge >= 0.3 is 0 Å². The quantitative estimate of drug-likeness (QED) is 0.426. The van der Waals surface area contributed by atoms with Gasteiger partial charge in [-0.15, -0.1) is 0 Å². The van der Waals surface area contributed by atoms with Crippen molar-refractivity contribution in [3.05, 3.63) is 0 Å². The van der Waals surface area contributed by atoms with Crippen LogP contribution >= 0.6 is 0 Å². The average molecular weight is 171 g/mol. The second-order valence-corrected chi connectivity index (χ2v) is 9.90. The maximum Gasteiger partial charge on any atom is 0.0278 e. The van der Waals surface area contributed by atoms with Crippen molar-refractivity contribution in [1.29, 1.82) is 0 Å². The van der Waals surface area contributed by atoms with Crippen LogP contribution in [0.3, 0.4) is 0 Å². The van der Waals surface area contributed by atoms with Gasteiger partial charge < -0.3 is 0 Å². The number of hydrogen-bond donors (Lipinski definition) is 0. The third-order valence-electron chi connectivity index (χ3n) is 1.51. The Labute approximate surface area is 69.6 Å². The van der Waals surface area contributed by atoms with Gasteiger partial charge in [-0.05, 0) is 0 Å². The van der Waals surface area contributed by atoms with Crippen LogP contribution in [0.4, 0.5) is 0 Å². The lowest BCUT2D eigenvalue weighted by atomic mass is 10.2. The summed E-state index contributed by atoms with van der Waals surface area (Å²) >= 11 is 0. The molecule has 0 unspecified atom stereocenters. The van der Waals surface area contributed by atoms with E-state index in [0.717, 1.165) is 0 Å². The summed E-state index contributed by atoms with van der Waals surface area (Å²) in [5, 5.41) is 0. The molecule has 0 aromatic carbocycles.